The van der Waals surface area contributed by atoms with Gasteiger partial charge in [-0.2, -0.15) is 13.2 Å². The molecule has 0 aromatic carbocycles. The molecule has 0 aliphatic heterocycles. The molecule has 9 heteroatoms. The summed E-state index contributed by atoms with van der Waals surface area (Å²) >= 11 is 0. The van der Waals surface area contributed by atoms with Gasteiger partial charge in [-0.1, -0.05) is 0 Å². The summed E-state index contributed by atoms with van der Waals surface area (Å²) in [6.45, 7) is 1.05. The molecule has 106 valence electrons. The van der Waals surface area contributed by atoms with Gasteiger partial charge in [0.2, 0.25) is 0 Å². The predicted octanol–water partition coefficient (Wildman–Crippen LogP) is 3.35. The molecule has 1 aromatic rings. The SMILES string of the molecule is CCOC(=O)c1nc(C(F)(F)F)cc(C(F)F)c1F. The largest absolute Gasteiger partial charge is 0.461 e. The Kier molecular flexibility index (Phi) is 4.38. The Labute approximate surface area is 103 Å². The predicted molar refractivity (Wildman–Crippen MR) is 50.1 cm³/mol. The Morgan fingerprint density at radius 2 is 2.00 bits per heavy atom. The topological polar surface area (TPSA) is 39.2 Å². The highest BCUT2D eigenvalue weighted by atomic mass is 19.4. The number of carbonyl (C=O) groups is 1. The van der Waals surface area contributed by atoms with Crippen LogP contribution in [0.1, 0.15) is 35.1 Å². The lowest BCUT2D eigenvalue weighted by atomic mass is 10.1. The first-order valence-corrected chi connectivity index (χ1v) is 4.91. The van der Waals surface area contributed by atoms with Crippen molar-refractivity contribution in [2.24, 2.45) is 0 Å². The molecular formula is C10H7F6NO2. The molecule has 0 spiro atoms. The highest BCUT2D eigenvalue weighted by Crippen LogP contribution is 2.32. The van der Waals surface area contributed by atoms with Gasteiger partial charge in [-0.15, -0.1) is 0 Å². The number of nitrogens with zero attached hydrogens (tertiary/aromatic N) is 1. The Morgan fingerprint density at radius 1 is 1.42 bits per heavy atom. The quantitative estimate of drug-likeness (QED) is 0.632. The average Bonchev–Trinajstić information content (AvgIpc) is 2.27. The summed E-state index contributed by atoms with van der Waals surface area (Å²) in [4.78, 5) is 13.9. The van der Waals surface area contributed by atoms with Crippen molar-refractivity contribution in [2.75, 3.05) is 6.61 Å². The van der Waals surface area contributed by atoms with Crippen LogP contribution in [0.5, 0.6) is 0 Å². The van der Waals surface area contributed by atoms with Crippen molar-refractivity contribution in [2.45, 2.75) is 19.5 Å². The fraction of sp³-hybridized carbons (Fsp3) is 0.400. The molecule has 0 fully saturated rings. The minimum Gasteiger partial charge on any atom is -0.461 e. The molecule has 0 atom stereocenters. The van der Waals surface area contributed by atoms with Gasteiger partial charge in [-0.05, 0) is 13.0 Å². The van der Waals surface area contributed by atoms with E-state index >= 15 is 0 Å². The molecule has 0 aliphatic rings. The Balaban J connectivity index is 3.45. The van der Waals surface area contributed by atoms with Crippen LogP contribution in [0.2, 0.25) is 0 Å². The second-order valence-corrected chi connectivity index (χ2v) is 3.28. The molecule has 1 rings (SSSR count). The number of alkyl halides is 5. The standard InChI is InChI=1S/C10H7F6NO2/c1-2-19-9(18)7-6(11)4(8(12)13)3-5(17-7)10(14,15)16/h3,8H,2H2,1H3. The Hall–Kier alpha value is -1.80. The maximum Gasteiger partial charge on any atom is 0.433 e. The molecule has 3 nitrogen and oxygen atoms in total. The van der Waals surface area contributed by atoms with Gasteiger partial charge in [0.25, 0.3) is 6.43 Å². The van der Waals surface area contributed by atoms with E-state index in [9.17, 15) is 31.1 Å². The van der Waals surface area contributed by atoms with Crippen molar-refractivity contribution in [1.82, 2.24) is 4.98 Å². The molecule has 0 amide bonds. The first-order valence-electron chi connectivity index (χ1n) is 4.91. The van der Waals surface area contributed by atoms with E-state index < -0.39 is 41.3 Å². The molecule has 0 aliphatic carbocycles. The second-order valence-electron chi connectivity index (χ2n) is 3.28. The fourth-order valence-corrected chi connectivity index (χ4v) is 1.19. The number of carbonyl (C=O) groups excluding carboxylic acids is 1. The minimum absolute atomic E-state index is 0.136. The number of rotatable bonds is 3. The summed E-state index contributed by atoms with van der Waals surface area (Å²) in [5.41, 5.74) is -4.75. The monoisotopic (exact) mass is 287 g/mol. The Morgan fingerprint density at radius 3 is 2.42 bits per heavy atom. The summed E-state index contributed by atoms with van der Waals surface area (Å²) in [6, 6.07) is -0.136. The van der Waals surface area contributed by atoms with Crippen LogP contribution >= 0.6 is 0 Å². The molecular weight excluding hydrogens is 280 g/mol. The number of hydrogen-bond donors (Lipinski definition) is 0. The van der Waals surface area contributed by atoms with E-state index in [-0.39, 0.29) is 12.7 Å². The van der Waals surface area contributed by atoms with Gasteiger partial charge in [0.15, 0.2) is 11.5 Å². The molecule has 1 aromatic heterocycles. The van der Waals surface area contributed by atoms with Crippen LogP contribution in [0, 0.1) is 5.82 Å². The van der Waals surface area contributed by atoms with Crippen molar-refractivity contribution < 1.29 is 35.9 Å². The lowest BCUT2D eigenvalue weighted by Gasteiger charge is -2.11. The van der Waals surface area contributed by atoms with Crippen molar-refractivity contribution >= 4 is 5.97 Å². The molecule has 0 bridgehead atoms. The summed E-state index contributed by atoms with van der Waals surface area (Å²) in [5.74, 6) is -3.35. The smallest absolute Gasteiger partial charge is 0.433 e. The third-order valence-corrected chi connectivity index (χ3v) is 1.98. The molecule has 0 radical (unpaired) electrons. The van der Waals surface area contributed by atoms with Crippen molar-refractivity contribution in [3.05, 3.63) is 28.8 Å². The summed E-state index contributed by atoms with van der Waals surface area (Å²) < 4.78 is 79.8. The Bertz CT molecular complexity index is 486. The van der Waals surface area contributed by atoms with E-state index in [1.807, 2.05) is 0 Å². The van der Waals surface area contributed by atoms with E-state index in [1.54, 1.807) is 0 Å². The van der Waals surface area contributed by atoms with Crippen LogP contribution in [0.25, 0.3) is 0 Å². The van der Waals surface area contributed by atoms with Crippen LogP contribution < -0.4 is 0 Å². The van der Waals surface area contributed by atoms with Gasteiger partial charge in [-0.3, -0.25) is 0 Å². The third kappa shape index (κ3) is 3.36. The summed E-state index contributed by atoms with van der Waals surface area (Å²) in [7, 11) is 0. The van der Waals surface area contributed by atoms with E-state index in [4.69, 9.17) is 0 Å². The maximum atomic E-state index is 13.5. The van der Waals surface area contributed by atoms with E-state index in [0.717, 1.165) is 0 Å². The first kappa shape index (κ1) is 15.3. The molecule has 0 saturated carbocycles. The first-order chi connectivity index (χ1) is 8.68. The van der Waals surface area contributed by atoms with Gasteiger partial charge in [0.05, 0.1) is 12.2 Å². The highest BCUT2D eigenvalue weighted by Gasteiger charge is 2.36. The fourth-order valence-electron chi connectivity index (χ4n) is 1.19. The van der Waals surface area contributed by atoms with E-state index in [0.29, 0.717) is 0 Å². The van der Waals surface area contributed by atoms with Gasteiger partial charge in [0, 0.05) is 0 Å². The molecule has 19 heavy (non-hydrogen) atoms. The summed E-state index contributed by atoms with van der Waals surface area (Å²) in [6.07, 6.45) is -8.60. The molecule has 0 saturated heterocycles. The maximum absolute atomic E-state index is 13.5. The normalized spacial score (nSPS) is 11.8. The third-order valence-electron chi connectivity index (χ3n) is 1.98. The van der Waals surface area contributed by atoms with Crippen LogP contribution in [0.15, 0.2) is 6.07 Å². The number of esters is 1. The van der Waals surface area contributed by atoms with E-state index in [1.165, 1.54) is 6.92 Å². The number of halogens is 6. The number of hydrogen-bond acceptors (Lipinski definition) is 3. The average molecular weight is 287 g/mol. The van der Waals surface area contributed by atoms with Crippen molar-refractivity contribution in [3.63, 3.8) is 0 Å². The van der Waals surface area contributed by atoms with Crippen molar-refractivity contribution in [3.8, 4) is 0 Å². The summed E-state index contributed by atoms with van der Waals surface area (Å²) in [5, 5.41) is 0. The lowest BCUT2D eigenvalue weighted by Crippen LogP contribution is -2.17. The van der Waals surface area contributed by atoms with Crippen LogP contribution in [-0.4, -0.2) is 17.6 Å². The molecule has 1 heterocycles. The molecule has 0 unspecified atom stereocenters. The zero-order valence-electron chi connectivity index (χ0n) is 9.39. The van der Waals surface area contributed by atoms with Crippen LogP contribution in [0.4, 0.5) is 26.3 Å². The van der Waals surface area contributed by atoms with Gasteiger partial charge in [-0.25, -0.2) is 22.9 Å². The lowest BCUT2D eigenvalue weighted by molar-refractivity contribution is -0.141. The van der Waals surface area contributed by atoms with E-state index in [2.05, 4.69) is 9.72 Å². The zero-order valence-corrected chi connectivity index (χ0v) is 9.39. The van der Waals surface area contributed by atoms with Gasteiger partial charge < -0.3 is 4.74 Å². The zero-order chi connectivity index (χ0) is 14.8. The van der Waals surface area contributed by atoms with Gasteiger partial charge >= 0.3 is 12.1 Å². The number of ether oxygens (including phenoxy) is 1. The van der Waals surface area contributed by atoms with Crippen LogP contribution in [0.3, 0.4) is 0 Å². The van der Waals surface area contributed by atoms with Crippen LogP contribution in [-0.2, 0) is 10.9 Å². The van der Waals surface area contributed by atoms with Gasteiger partial charge in [0.1, 0.15) is 5.69 Å². The second kappa shape index (κ2) is 5.45. The molecule has 0 N–H and O–H groups in total. The highest BCUT2D eigenvalue weighted by molar-refractivity contribution is 5.87. The number of pyridine rings is 1. The number of aromatic nitrogens is 1. The minimum atomic E-state index is -5.08. The van der Waals surface area contributed by atoms with Crippen molar-refractivity contribution in [1.29, 1.82) is 0 Å².